The van der Waals surface area contributed by atoms with Gasteiger partial charge in [-0.1, -0.05) is 44.0 Å². The molecule has 2 rings (SSSR count). The molecule has 0 spiro atoms. The van der Waals surface area contributed by atoms with Crippen molar-refractivity contribution in [1.82, 2.24) is 0 Å². The maximum Gasteiger partial charge on any atom is 0.310 e. The minimum Gasteiger partial charge on any atom is -0.506 e. The fourth-order valence-corrected chi connectivity index (χ4v) is 3.74. The number of ether oxygens (including phenoxy) is 1. The number of halogens is 2. The van der Waals surface area contributed by atoms with Crippen LogP contribution in [0.1, 0.15) is 45.6 Å². The third kappa shape index (κ3) is 4.77. The van der Waals surface area contributed by atoms with Crippen molar-refractivity contribution < 1.29 is 14.6 Å². The Labute approximate surface area is 147 Å². The van der Waals surface area contributed by atoms with Gasteiger partial charge in [0.2, 0.25) is 0 Å². The van der Waals surface area contributed by atoms with Crippen molar-refractivity contribution in [2.24, 2.45) is 17.8 Å². The molecule has 0 saturated heterocycles. The first-order valence-electron chi connectivity index (χ1n) is 8.14. The first kappa shape index (κ1) is 18.4. The molecule has 0 unspecified atom stereocenters. The summed E-state index contributed by atoms with van der Waals surface area (Å²) in [5, 5.41) is 10.5. The lowest BCUT2D eigenvalue weighted by atomic mass is 9.76. The van der Waals surface area contributed by atoms with Gasteiger partial charge in [0.15, 0.2) is 0 Å². The van der Waals surface area contributed by atoms with Gasteiger partial charge in [0.05, 0.1) is 11.4 Å². The van der Waals surface area contributed by atoms with Gasteiger partial charge >= 0.3 is 5.97 Å². The van der Waals surface area contributed by atoms with Gasteiger partial charge in [-0.05, 0) is 49.1 Å². The number of phenolic OH excluding ortho intramolecular Hbond substituents is 1. The molecule has 0 aromatic heterocycles. The second-order valence-electron chi connectivity index (χ2n) is 6.89. The van der Waals surface area contributed by atoms with Crippen molar-refractivity contribution in [1.29, 1.82) is 0 Å². The van der Waals surface area contributed by atoms with Crippen LogP contribution in [0.5, 0.6) is 5.75 Å². The van der Waals surface area contributed by atoms with Crippen LogP contribution < -0.4 is 0 Å². The molecule has 1 aliphatic rings. The quantitative estimate of drug-likeness (QED) is 0.748. The number of phenols is 1. The summed E-state index contributed by atoms with van der Waals surface area (Å²) < 4.78 is 5.69. The lowest BCUT2D eigenvalue weighted by Crippen LogP contribution is -2.34. The Hall–Kier alpha value is -0.930. The van der Waals surface area contributed by atoms with Crippen LogP contribution in [-0.2, 0) is 16.0 Å². The molecule has 1 N–H and O–H groups in total. The van der Waals surface area contributed by atoms with Crippen LogP contribution in [0.25, 0.3) is 0 Å². The highest BCUT2D eigenvalue weighted by molar-refractivity contribution is 6.35. The molecule has 0 radical (unpaired) electrons. The Morgan fingerprint density at radius 3 is 2.70 bits per heavy atom. The molecular formula is C18H24Cl2O3. The maximum atomic E-state index is 12.3. The fourth-order valence-electron chi connectivity index (χ4n) is 3.20. The predicted octanol–water partition coefficient (Wildman–Crippen LogP) is 5.25. The van der Waals surface area contributed by atoms with E-state index in [1.54, 1.807) is 6.07 Å². The molecule has 0 heterocycles. The molecule has 1 aromatic rings. The minimum atomic E-state index is -0.347. The zero-order valence-electron chi connectivity index (χ0n) is 13.8. The summed E-state index contributed by atoms with van der Waals surface area (Å²) in [6, 6.07) is 3.00. The Morgan fingerprint density at radius 2 is 2.04 bits per heavy atom. The van der Waals surface area contributed by atoms with Crippen molar-refractivity contribution in [3.63, 3.8) is 0 Å². The molecule has 5 heteroatoms. The van der Waals surface area contributed by atoms with Crippen LogP contribution in [0.3, 0.4) is 0 Å². The van der Waals surface area contributed by atoms with Gasteiger partial charge in [0.25, 0.3) is 0 Å². The van der Waals surface area contributed by atoms with E-state index in [1.165, 1.54) is 12.5 Å². The monoisotopic (exact) mass is 358 g/mol. The molecule has 0 aliphatic heterocycles. The van der Waals surface area contributed by atoms with E-state index in [1.807, 2.05) is 0 Å². The smallest absolute Gasteiger partial charge is 0.310 e. The topological polar surface area (TPSA) is 46.5 Å². The van der Waals surface area contributed by atoms with Crippen LogP contribution in [0.15, 0.2) is 12.1 Å². The molecular weight excluding hydrogens is 335 g/mol. The predicted molar refractivity (Wildman–Crippen MR) is 93.1 cm³/mol. The number of carbonyl (C=O) groups excluding carboxylic acids is 1. The third-order valence-electron chi connectivity index (χ3n) is 4.83. The van der Waals surface area contributed by atoms with Crippen molar-refractivity contribution in [3.8, 4) is 5.75 Å². The van der Waals surface area contributed by atoms with E-state index >= 15 is 0 Å². The second-order valence-corrected chi connectivity index (χ2v) is 7.74. The first-order valence-corrected chi connectivity index (χ1v) is 8.89. The van der Waals surface area contributed by atoms with Crippen molar-refractivity contribution >= 4 is 29.2 Å². The van der Waals surface area contributed by atoms with E-state index in [9.17, 15) is 9.90 Å². The lowest BCUT2D eigenvalue weighted by Gasteiger charge is -2.35. The normalized spacial score (nSPS) is 24.7. The zero-order valence-corrected chi connectivity index (χ0v) is 15.3. The van der Waals surface area contributed by atoms with Crippen LogP contribution in [0.2, 0.25) is 10.0 Å². The van der Waals surface area contributed by atoms with Crippen LogP contribution >= 0.6 is 23.2 Å². The van der Waals surface area contributed by atoms with Gasteiger partial charge in [-0.3, -0.25) is 4.79 Å². The van der Waals surface area contributed by atoms with Gasteiger partial charge < -0.3 is 9.84 Å². The molecule has 0 bridgehead atoms. The Balaban J connectivity index is 2.01. The highest BCUT2D eigenvalue weighted by Crippen LogP contribution is 2.36. The fraction of sp³-hybridized carbons (Fsp3) is 0.611. The number of hydrogen-bond acceptors (Lipinski definition) is 3. The standard InChI is InChI=1S/C18H24Cl2O3/c1-10(2)12-5-4-11(3)16(7-12)23-17(21)8-13-6-14(19)9-15(20)18(13)22/h6,9-12,16,22H,4-5,7-8H2,1-3H3/t11-,12-,16+/m1/s1. The van der Waals surface area contributed by atoms with E-state index < -0.39 is 0 Å². The molecule has 1 aliphatic carbocycles. The van der Waals surface area contributed by atoms with Gasteiger partial charge in [-0.25, -0.2) is 0 Å². The molecule has 23 heavy (non-hydrogen) atoms. The second kappa shape index (κ2) is 7.76. The summed E-state index contributed by atoms with van der Waals surface area (Å²) in [6.45, 7) is 6.55. The Bertz CT molecular complexity index is 572. The van der Waals surface area contributed by atoms with Gasteiger partial charge in [0.1, 0.15) is 11.9 Å². The van der Waals surface area contributed by atoms with Crippen LogP contribution in [0, 0.1) is 17.8 Å². The SMILES string of the molecule is CC(C)[C@@H]1CC[C@@H](C)[C@@H](OC(=O)Cc2cc(Cl)cc(Cl)c2O)C1. The van der Waals surface area contributed by atoms with E-state index in [-0.39, 0.29) is 29.3 Å². The van der Waals surface area contributed by atoms with E-state index in [0.717, 1.165) is 12.8 Å². The number of esters is 1. The number of hydrogen-bond donors (Lipinski definition) is 1. The van der Waals surface area contributed by atoms with Gasteiger partial charge in [-0.15, -0.1) is 0 Å². The third-order valence-corrected chi connectivity index (χ3v) is 5.34. The molecule has 3 atom stereocenters. The van der Waals surface area contributed by atoms with Crippen molar-refractivity contribution in [2.75, 3.05) is 0 Å². The highest BCUT2D eigenvalue weighted by atomic mass is 35.5. The van der Waals surface area contributed by atoms with Gasteiger partial charge in [-0.2, -0.15) is 0 Å². The Morgan fingerprint density at radius 1 is 1.35 bits per heavy atom. The van der Waals surface area contributed by atoms with Crippen molar-refractivity contribution in [2.45, 2.75) is 52.6 Å². The van der Waals surface area contributed by atoms with E-state index in [4.69, 9.17) is 27.9 Å². The number of aromatic hydroxyl groups is 1. The number of benzene rings is 1. The average Bonchev–Trinajstić information content (AvgIpc) is 2.46. The summed E-state index contributed by atoms with van der Waals surface area (Å²) in [7, 11) is 0. The van der Waals surface area contributed by atoms with Crippen molar-refractivity contribution in [3.05, 3.63) is 27.7 Å². The molecule has 1 saturated carbocycles. The summed E-state index contributed by atoms with van der Waals surface area (Å²) in [4.78, 5) is 12.3. The molecule has 0 amide bonds. The van der Waals surface area contributed by atoms with Crippen LogP contribution in [-0.4, -0.2) is 17.2 Å². The number of carbonyl (C=O) groups is 1. The molecule has 128 valence electrons. The first-order chi connectivity index (χ1) is 10.8. The minimum absolute atomic E-state index is 0.0261. The lowest BCUT2D eigenvalue weighted by molar-refractivity contribution is -0.153. The van der Waals surface area contributed by atoms with Gasteiger partial charge in [0, 0.05) is 10.6 Å². The van der Waals surface area contributed by atoms with E-state index in [2.05, 4.69) is 20.8 Å². The number of rotatable bonds is 4. The molecule has 1 fully saturated rings. The van der Waals surface area contributed by atoms with Crippen LogP contribution in [0.4, 0.5) is 0 Å². The summed E-state index contributed by atoms with van der Waals surface area (Å²) in [5.74, 6) is 1.10. The molecule has 3 nitrogen and oxygen atoms in total. The summed E-state index contributed by atoms with van der Waals surface area (Å²) in [5.41, 5.74) is 0.399. The average molecular weight is 359 g/mol. The largest absolute Gasteiger partial charge is 0.506 e. The summed E-state index contributed by atoms with van der Waals surface area (Å²) in [6.07, 6.45) is 3.10. The summed E-state index contributed by atoms with van der Waals surface area (Å²) >= 11 is 11.8. The Kier molecular flexibility index (Phi) is 6.21. The molecule has 1 aromatic carbocycles. The van der Waals surface area contributed by atoms with E-state index in [0.29, 0.717) is 28.3 Å². The maximum absolute atomic E-state index is 12.3. The zero-order chi connectivity index (χ0) is 17.1. The highest BCUT2D eigenvalue weighted by Gasteiger charge is 2.32.